The Morgan fingerprint density at radius 3 is 3.18 bits per heavy atom. The number of hydrogen-bond acceptors (Lipinski definition) is 4. The van der Waals surface area contributed by atoms with Gasteiger partial charge in [0.1, 0.15) is 12.3 Å². The van der Waals surface area contributed by atoms with Gasteiger partial charge in [0.25, 0.3) is 0 Å². The van der Waals surface area contributed by atoms with Crippen LogP contribution in [0, 0.1) is 0 Å². The van der Waals surface area contributed by atoms with Crippen LogP contribution in [0.5, 0.6) is 0 Å². The van der Waals surface area contributed by atoms with Gasteiger partial charge in [0, 0.05) is 25.5 Å². The summed E-state index contributed by atoms with van der Waals surface area (Å²) in [5.74, 6) is 0. The average Bonchev–Trinajstić information content (AvgIpc) is 2.70. The lowest BCUT2D eigenvalue weighted by atomic mass is 10.4. The molecule has 1 amide bonds. The van der Waals surface area contributed by atoms with Crippen LogP contribution < -0.4 is 11.1 Å². The van der Waals surface area contributed by atoms with E-state index in [2.05, 4.69) is 15.0 Å². The van der Waals surface area contributed by atoms with E-state index in [1.807, 2.05) is 35.0 Å². The molecule has 0 saturated carbocycles. The largest absolute Gasteiger partial charge is 0.448 e. The summed E-state index contributed by atoms with van der Waals surface area (Å²) in [6.07, 6.45) is 3.15. The maximum absolute atomic E-state index is 10.3. The zero-order chi connectivity index (χ0) is 12.1. The fourth-order valence-electron chi connectivity index (χ4n) is 1.51. The van der Waals surface area contributed by atoms with E-state index in [9.17, 15) is 4.79 Å². The molecule has 0 aliphatic rings. The van der Waals surface area contributed by atoms with Gasteiger partial charge in [-0.2, -0.15) is 0 Å². The fraction of sp³-hybridized carbons (Fsp3) is 0.273. The van der Waals surface area contributed by atoms with Gasteiger partial charge in [0.15, 0.2) is 0 Å². The molecule has 0 aliphatic heterocycles. The van der Waals surface area contributed by atoms with E-state index < -0.39 is 6.09 Å². The van der Waals surface area contributed by atoms with Gasteiger partial charge in [-0.3, -0.25) is 0 Å². The van der Waals surface area contributed by atoms with Crippen molar-refractivity contribution in [2.75, 3.05) is 13.2 Å². The number of hydrogen-bond donors (Lipinski definition) is 2. The van der Waals surface area contributed by atoms with Gasteiger partial charge in [-0.1, -0.05) is 6.07 Å². The number of nitrogens with two attached hydrogens (primary N) is 1. The Labute approximate surface area is 98.4 Å². The van der Waals surface area contributed by atoms with E-state index in [0.717, 1.165) is 11.3 Å². The number of aromatic nitrogens is 2. The summed E-state index contributed by atoms with van der Waals surface area (Å²) >= 11 is 0. The highest BCUT2D eigenvalue weighted by molar-refractivity contribution is 5.64. The number of fused-ring (bicyclic) bond motifs is 1. The van der Waals surface area contributed by atoms with Crippen LogP contribution in [0.1, 0.15) is 5.69 Å². The average molecular weight is 234 g/mol. The van der Waals surface area contributed by atoms with Gasteiger partial charge < -0.3 is 20.2 Å². The molecular weight excluding hydrogens is 220 g/mol. The van der Waals surface area contributed by atoms with Crippen LogP contribution in [0.15, 0.2) is 30.6 Å². The highest BCUT2D eigenvalue weighted by atomic mass is 16.5. The fourth-order valence-corrected chi connectivity index (χ4v) is 1.51. The second-order valence-electron chi connectivity index (χ2n) is 3.54. The van der Waals surface area contributed by atoms with Crippen LogP contribution >= 0.6 is 0 Å². The second-order valence-corrected chi connectivity index (χ2v) is 3.54. The molecule has 0 saturated heterocycles. The van der Waals surface area contributed by atoms with Crippen molar-refractivity contribution in [1.82, 2.24) is 14.7 Å². The van der Waals surface area contributed by atoms with E-state index in [1.54, 1.807) is 0 Å². The highest BCUT2D eigenvalue weighted by Gasteiger charge is 2.00. The van der Waals surface area contributed by atoms with Crippen LogP contribution in [-0.4, -0.2) is 28.6 Å². The van der Waals surface area contributed by atoms with Gasteiger partial charge in [-0.25, -0.2) is 9.78 Å². The first kappa shape index (κ1) is 11.4. The normalized spacial score (nSPS) is 10.6. The molecule has 0 bridgehead atoms. The van der Waals surface area contributed by atoms with Gasteiger partial charge in [0.05, 0.1) is 5.69 Å². The molecule has 17 heavy (non-hydrogen) atoms. The monoisotopic (exact) mass is 234 g/mol. The van der Waals surface area contributed by atoms with Crippen molar-refractivity contribution in [1.29, 1.82) is 0 Å². The Morgan fingerprint density at radius 2 is 2.41 bits per heavy atom. The van der Waals surface area contributed by atoms with Crippen LogP contribution in [0.4, 0.5) is 4.79 Å². The van der Waals surface area contributed by atoms with Gasteiger partial charge >= 0.3 is 6.09 Å². The van der Waals surface area contributed by atoms with Crippen LogP contribution in [-0.2, 0) is 11.3 Å². The van der Waals surface area contributed by atoms with E-state index in [4.69, 9.17) is 5.73 Å². The number of nitrogens with zero attached hydrogens (tertiary/aromatic N) is 2. The first-order valence-electron chi connectivity index (χ1n) is 5.31. The summed E-state index contributed by atoms with van der Waals surface area (Å²) in [7, 11) is 0. The number of rotatable bonds is 5. The lowest BCUT2D eigenvalue weighted by Gasteiger charge is -2.02. The maximum atomic E-state index is 10.3. The van der Waals surface area contributed by atoms with E-state index in [-0.39, 0.29) is 6.61 Å². The molecule has 2 aromatic heterocycles. The van der Waals surface area contributed by atoms with Crippen LogP contribution in [0.2, 0.25) is 0 Å². The Morgan fingerprint density at radius 1 is 1.53 bits per heavy atom. The Balaban J connectivity index is 1.81. The zero-order valence-electron chi connectivity index (χ0n) is 9.30. The molecule has 2 heterocycles. The predicted molar refractivity (Wildman–Crippen MR) is 62.4 cm³/mol. The van der Waals surface area contributed by atoms with Crippen molar-refractivity contribution in [3.63, 3.8) is 0 Å². The van der Waals surface area contributed by atoms with Crippen molar-refractivity contribution in [3.8, 4) is 0 Å². The number of nitrogens with one attached hydrogen (secondary N) is 1. The third kappa shape index (κ3) is 3.18. The molecule has 0 atom stereocenters. The topological polar surface area (TPSA) is 81.7 Å². The minimum absolute atomic E-state index is 0.267. The quantitative estimate of drug-likeness (QED) is 0.739. The molecule has 0 aromatic carbocycles. The summed E-state index contributed by atoms with van der Waals surface area (Å²) in [6, 6.07) is 5.84. The number of primary amides is 1. The molecule has 2 rings (SSSR count). The molecule has 90 valence electrons. The van der Waals surface area contributed by atoms with Crippen molar-refractivity contribution in [3.05, 3.63) is 36.3 Å². The minimum Gasteiger partial charge on any atom is -0.448 e. The molecule has 0 unspecified atom stereocenters. The standard InChI is InChI=1S/C11H14N4O2/c12-11(16)17-6-4-13-7-9-8-15-5-2-1-3-10(15)14-9/h1-3,5,8,13H,4,6-7H2,(H2,12,16). The molecule has 6 nitrogen and oxygen atoms in total. The van der Waals surface area contributed by atoms with Crippen molar-refractivity contribution < 1.29 is 9.53 Å². The molecule has 3 N–H and O–H groups in total. The zero-order valence-corrected chi connectivity index (χ0v) is 9.30. The Kier molecular flexibility index (Phi) is 3.56. The Hall–Kier alpha value is -2.08. The number of imidazole rings is 1. The predicted octanol–water partition coefficient (Wildman–Crippen LogP) is 0.519. The highest BCUT2D eigenvalue weighted by Crippen LogP contribution is 2.03. The second kappa shape index (κ2) is 5.31. The Bertz CT molecular complexity index is 476. The summed E-state index contributed by atoms with van der Waals surface area (Å²) < 4.78 is 6.54. The first-order chi connectivity index (χ1) is 8.25. The van der Waals surface area contributed by atoms with E-state index in [1.165, 1.54) is 0 Å². The van der Waals surface area contributed by atoms with Crippen LogP contribution in [0.3, 0.4) is 0 Å². The summed E-state index contributed by atoms with van der Waals surface area (Å²) in [6.45, 7) is 1.45. The summed E-state index contributed by atoms with van der Waals surface area (Å²) in [5, 5.41) is 3.11. The molecule has 2 aromatic rings. The molecule has 0 radical (unpaired) electrons. The van der Waals surface area contributed by atoms with Gasteiger partial charge in [-0.15, -0.1) is 0 Å². The lowest BCUT2D eigenvalue weighted by molar-refractivity contribution is 0.157. The summed E-state index contributed by atoms with van der Waals surface area (Å²) in [5.41, 5.74) is 6.69. The molecule has 0 fully saturated rings. The van der Waals surface area contributed by atoms with E-state index >= 15 is 0 Å². The minimum atomic E-state index is -0.750. The number of carbonyl (C=O) groups excluding carboxylic acids is 1. The SMILES string of the molecule is NC(=O)OCCNCc1cn2ccccc2n1. The van der Waals surface area contributed by atoms with Crippen molar-refractivity contribution in [2.45, 2.75) is 6.54 Å². The molecule has 0 aliphatic carbocycles. The van der Waals surface area contributed by atoms with E-state index in [0.29, 0.717) is 13.1 Å². The third-order valence-corrected chi connectivity index (χ3v) is 2.24. The molecule has 0 spiro atoms. The number of carbonyl (C=O) groups is 1. The number of ether oxygens (including phenoxy) is 1. The van der Waals surface area contributed by atoms with Crippen molar-refractivity contribution >= 4 is 11.7 Å². The number of amides is 1. The summed E-state index contributed by atoms with van der Waals surface area (Å²) in [4.78, 5) is 14.7. The van der Waals surface area contributed by atoms with Gasteiger partial charge in [0.2, 0.25) is 0 Å². The first-order valence-corrected chi connectivity index (χ1v) is 5.31. The van der Waals surface area contributed by atoms with Crippen molar-refractivity contribution in [2.24, 2.45) is 5.73 Å². The third-order valence-electron chi connectivity index (χ3n) is 2.24. The van der Waals surface area contributed by atoms with Gasteiger partial charge in [-0.05, 0) is 12.1 Å². The van der Waals surface area contributed by atoms with Crippen LogP contribution in [0.25, 0.3) is 5.65 Å². The molecule has 6 heteroatoms. The maximum Gasteiger partial charge on any atom is 0.404 e. The smallest absolute Gasteiger partial charge is 0.404 e. The molecular formula is C11H14N4O2. The number of pyridine rings is 1. The lowest BCUT2D eigenvalue weighted by Crippen LogP contribution is -2.23.